The van der Waals surface area contributed by atoms with Gasteiger partial charge in [0, 0.05) is 45.0 Å². The number of carbonyl (C=O) groups excluding carboxylic acids is 2. The average molecular weight is 495 g/mol. The molecule has 11 heteroatoms. The Labute approximate surface area is 197 Å². The van der Waals surface area contributed by atoms with E-state index in [1.165, 1.54) is 39.9 Å². The maximum Gasteiger partial charge on any atom is 0.252 e. The minimum Gasteiger partial charge on any atom is -0.340 e. The standard InChI is InChI=1S/C22H27FN4O4S2/c23-18-5-7-19(8-6-18)24-20(28)16-25-10-12-26(13-11-25)22(29)17-3-1-9-27(15-17)33(30,31)21-4-2-14-32-21/h2,4-8,14,17H,1,3,9-13,15-16H2,(H,24,28)/t17-/m0/s1. The zero-order valence-electron chi connectivity index (χ0n) is 18.2. The largest absolute Gasteiger partial charge is 0.340 e. The quantitative estimate of drug-likeness (QED) is 0.664. The van der Waals surface area contributed by atoms with E-state index in [-0.39, 0.29) is 36.6 Å². The van der Waals surface area contributed by atoms with Crippen molar-refractivity contribution in [3.8, 4) is 0 Å². The molecule has 0 spiro atoms. The highest BCUT2D eigenvalue weighted by molar-refractivity contribution is 7.91. The van der Waals surface area contributed by atoms with Crippen LogP contribution in [0.2, 0.25) is 0 Å². The molecular weight excluding hydrogens is 467 g/mol. The van der Waals surface area contributed by atoms with Gasteiger partial charge >= 0.3 is 0 Å². The van der Waals surface area contributed by atoms with E-state index >= 15 is 0 Å². The predicted octanol–water partition coefficient (Wildman–Crippen LogP) is 2.07. The van der Waals surface area contributed by atoms with Crippen LogP contribution in [0.5, 0.6) is 0 Å². The van der Waals surface area contributed by atoms with E-state index in [9.17, 15) is 22.4 Å². The summed E-state index contributed by atoms with van der Waals surface area (Å²) >= 11 is 1.19. The van der Waals surface area contributed by atoms with Crippen LogP contribution in [0.25, 0.3) is 0 Å². The molecule has 0 radical (unpaired) electrons. The van der Waals surface area contributed by atoms with E-state index in [4.69, 9.17) is 0 Å². The Hall–Kier alpha value is -2.34. The lowest BCUT2D eigenvalue weighted by Gasteiger charge is -2.38. The van der Waals surface area contributed by atoms with E-state index in [0.29, 0.717) is 55.5 Å². The molecule has 1 N–H and O–H groups in total. The number of piperidine rings is 1. The van der Waals surface area contributed by atoms with Crippen LogP contribution in [-0.4, -0.2) is 80.2 Å². The van der Waals surface area contributed by atoms with Gasteiger partial charge in [-0.2, -0.15) is 4.31 Å². The Morgan fingerprint density at radius 1 is 1.06 bits per heavy atom. The van der Waals surface area contributed by atoms with Crippen molar-refractivity contribution in [3.63, 3.8) is 0 Å². The summed E-state index contributed by atoms with van der Waals surface area (Å²) < 4.78 is 40.4. The summed E-state index contributed by atoms with van der Waals surface area (Å²) in [6, 6.07) is 8.91. The summed E-state index contributed by atoms with van der Waals surface area (Å²) in [5, 5.41) is 4.48. The molecule has 2 aromatic rings. The number of sulfonamides is 1. The van der Waals surface area contributed by atoms with E-state index in [1.54, 1.807) is 22.4 Å². The van der Waals surface area contributed by atoms with Crippen molar-refractivity contribution in [1.82, 2.24) is 14.1 Å². The highest BCUT2D eigenvalue weighted by atomic mass is 32.2. The fourth-order valence-corrected chi connectivity index (χ4v) is 6.89. The lowest BCUT2D eigenvalue weighted by atomic mass is 9.98. The molecule has 2 amide bonds. The van der Waals surface area contributed by atoms with Gasteiger partial charge in [-0.25, -0.2) is 12.8 Å². The number of nitrogens with zero attached hydrogens (tertiary/aromatic N) is 3. The number of piperazine rings is 1. The first-order valence-corrected chi connectivity index (χ1v) is 13.2. The number of rotatable bonds is 6. The first-order valence-electron chi connectivity index (χ1n) is 10.9. The molecule has 4 rings (SSSR count). The number of thiophene rings is 1. The summed E-state index contributed by atoms with van der Waals surface area (Å²) in [7, 11) is -3.56. The number of anilines is 1. The van der Waals surface area contributed by atoms with Gasteiger partial charge in [-0.1, -0.05) is 6.07 Å². The Bertz CT molecular complexity index is 1070. The number of benzene rings is 1. The molecule has 2 aliphatic heterocycles. The van der Waals surface area contributed by atoms with Crippen LogP contribution in [-0.2, 0) is 19.6 Å². The third-order valence-corrected chi connectivity index (χ3v) is 9.24. The second-order valence-electron chi connectivity index (χ2n) is 8.29. The van der Waals surface area contributed by atoms with Crippen molar-refractivity contribution in [3.05, 3.63) is 47.6 Å². The number of carbonyl (C=O) groups is 2. The second-order valence-corrected chi connectivity index (χ2v) is 11.4. The Morgan fingerprint density at radius 3 is 2.45 bits per heavy atom. The smallest absolute Gasteiger partial charge is 0.252 e. The summed E-state index contributed by atoms with van der Waals surface area (Å²) in [4.78, 5) is 29.1. The molecule has 0 aliphatic carbocycles. The molecule has 1 aromatic heterocycles. The zero-order chi connectivity index (χ0) is 23.4. The van der Waals surface area contributed by atoms with Crippen LogP contribution in [0.3, 0.4) is 0 Å². The highest BCUT2D eigenvalue weighted by Crippen LogP contribution is 2.27. The van der Waals surface area contributed by atoms with Crippen molar-refractivity contribution in [2.45, 2.75) is 17.1 Å². The maximum atomic E-state index is 13.1. The number of hydrogen-bond acceptors (Lipinski definition) is 6. The van der Waals surface area contributed by atoms with Gasteiger partial charge in [-0.05, 0) is 48.6 Å². The number of halogens is 1. The number of amides is 2. The van der Waals surface area contributed by atoms with Gasteiger partial charge in [0.2, 0.25) is 11.8 Å². The molecule has 0 bridgehead atoms. The molecule has 2 fully saturated rings. The van der Waals surface area contributed by atoms with Crippen LogP contribution in [0.15, 0.2) is 46.0 Å². The third kappa shape index (κ3) is 5.78. The highest BCUT2D eigenvalue weighted by Gasteiger charge is 2.36. The summed E-state index contributed by atoms with van der Waals surface area (Å²) in [5.41, 5.74) is 0.537. The molecule has 0 unspecified atom stereocenters. The topological polar surface area (TPSA) is 90.0 Å². The molecule has 2 saturated heterocycles. The molecule has 178 valence electrons. The van der Waals surface area contributed by atoms with Crippen molar-refractivity contribution in [2.24, 2.45) is 5.92 Å². The first kappa shape index (κ1) is 23.8. The Kier molecular flexibility index (Phi) is 7.42. The third-order valence-electron chi connectivity index (χ3n) is 6.00. The minimum absolute atomic E-state index is 0.0171. The average Bonchev–Trinajstić information content (AvgIpc) is 3.37. The number of hydrogen-bond donors (Lipinski definition) is 1. The minimum atomic E-state index is -3.56. The zero-order valence-corrected chi connectivity index (χ0v) is 19.8. The normalized spacial score (nSPS) is 20.5. The van der Waals surface area contributed by atoms with Crippen LogP contribution in [0.1, 0.15) is 12.8 Å². The van der Waals surface area contributed by atoms with Gasteiger partial charge in [0.05, 0.1) is 12.5 Å². The van der Waals surface area contributed by atoms with Gasteiger partial charge in [-0.15, -0.1) is 11.3 Å². The summed E-state index contributed by atoms with van der Waals surface area (Å²) in [5.74, 6) is -0.916. The summed E-state index contributed by atoms with van der Waals surface area (Å²) in [6.07, 6.45) is 1.33. The van der Waals surface area contributed by atoms with Crippen LogP contribution < -0.4 is 5.32 Å². The van der Waals surface area contributed by atoms with Crippen LogP contribution >= 0.6 is 11.3 Å². The van der Waals surface area contributed by atoms with Crippen LogP contribution in [0.4, 0.5) is 10.1 Å². The molecule has 1 atom stereocenters. The van der Waals surface area contributed by atoms with Gasteiger partial charge in [-0.3, -0.25) is 14.5 Å². The van der Waals surface area contributed by atoms with E-state index in [0.717, 1.165) is 0 Å². The predicted molar refractivity (Wildman–Crippen MR) is 124 cm³/mol. The second kappa shape index (κ2) is 10.3. The molecule has 1 aromatic carbocycles. The lowest BCUT2D eigenvalue weighted by Crippen LogP contribution is -2.53. The van der Waals surface area contributed by atoms with Gasteiger partial charge < -0.3 is 10.2 Å². The van der Waals surface area contributed by atoms with Gasteiger partial charge in [0.25, 0.3) is 10.0 Å². The van der Waals surface area contributed by atoms with Crippen molar-refractivity contribution < 1.29 is 22.4 Å². The van der Waals surface area contributed by atoms with E-state index in [2.05, 4.69) is 5.32 Å². The summed E-state index contributed by atoms with van der Waals surface area (Å²) in [6.45, 7) is 2.95. The van der Waals surface area contributed by atoms with Gasteiger partial charge in [0.1, 0.15) is 10.0 Å². The molecule has 0 saturated carbocycles. The Morgan fingerprint density at radius 2 is 1.79 bits per heavy atom. The molecule has 8 nitrogen and oxygen atoms in total. The Balaban J connectivity index is 1.26. The fraction of sp³-hybridized carbons (Fsp3) is 0.455. The molecule has 2 aliphatic rings. The first-order chi connectivity index (χ1) is 15.8. The monoisotopic (exact) mass is 494 g/mol. The van der Waals surface area contributed by atoms with E-state index in [1.807, 2.05) is 4.90 Å². The van der Waals surface area contributed by atoms with Crippen LogP contribution in [0, 0.1) is 11.7 Å². The fourth-order valence-electron chi connectivity index (χ4n) is 4.22. The van der Waals surface area contributed by atoms with Crippen molar-refractivity contribution in [1.29, 1.82) is 0 Å². The number of nitrogens with one attached hydrogen (secondary N) is 1. The van der Waals surface area contributed by atoms with Gasteiger partial charge in [0.15, 0.2) is 0 Å². The maximum absolute atomic E-state index is 13.1. The lowest BCUT2D eigenvalue weighted by molar-refractivity contribution is -0.138. The van der Waals surface area contributed by atoms with E-state index < -0.39 is 10.0 Å². The molecule has 33 heavy (non-hydrogen) atoms. The van der Waals surface area contributed by atoms with Crippen molar-refractivity contribution >= 4 is 38.9 Å². The molecular formula is C22H27FN4O4S2. The van der Waals surface area contributed by atoms with Crippen molar-refractivity contribution in [2.75, 3.05) is 51.1 Å². The SMILES string of the molecule is O=C(CN1CCN(C(=O)[C@H]2CCCN(S(=O)(=O)c3cccs3)C2)CC1)Nc1ccc(F)cc1. The molecule has 3 heterocycles.